The number of hydrogen-bond donors (Lipinski definition) is 2. The molecule has 0 aromatic heterocycles. The number of carbonyl (C=O) groups is 1. The molecule has 1 aliphatic rings. The fourth-order valence-electron chi connectivity index (χ4n) is 3.46. The van der Waals surface area contributed by atoms with Crippen LogP contribution in [0.25, 0.3) is 0 Å². The van der Waals surface area contributed by atoms with E-state index in [1.54, 1.807) is 30.3 Å². The number of aromatic hydroxyl groups is 1. The van der Waals surface area contributed by atoms with Crippen molar-refractivity contribution < 1.29 is 14.6 Å². The van der Waals surface area contributed by atoms with Crippen LogP contribution >= 0.6 is 0 Å². The largest absolute Gasteiger partial charge is 0.508 e. The SMILES string of the molecule is C[C@H](/C(=N\Nc1ccccc1)c1ccc(O)cc1)[C@H]1C(=O)Oc2ccccc21. The Bertz CT molecular complexity index is 1010. The first kappa shape index (κ1) is 17.8. The molecule has 1 heterocycles. The van der Waals surface area contributed by atoms with Crippen LogP contribution in [-0.4, -0.2) is 16.8 Å². The van der Waals surface area contributed by atoms with Crippen molar-refractivity contribution in [3.63, 3.8) is 0 Å². The lowest BCUT2D eigenvalue weighted by molar-refractivity contribution is -0.134. The highest BCUT2D eigenvalue weighted by Gasteiger charge is 2.39. The van der Waals surface area contributed by atoms with Crippen molar-refractivity contribution in [2.45, 2.75) is 12.8 Å². The van der Waals surface area contributed by atoms with Gasteiger partial charge in [-0.3, -0.25) is 10.2 Å². The molecular formula is C23H20N2O3. The molecule has 1 aliphatic heterocycles. The van der Waals surface area contributed by atoms with Gasteiger partial charge in [-0.1, -0.05) is 43.3 Å². The fourth-order valence-corrected chi connectivity index (χ4v) is 3.46. The molecule has 0 spiro atoms. The van der Waals surface area contributed by atoms with E-state index in [1.807, 2.05) is 55.5 Å². The molecule has 0 bridgehead atoms. The Morgan fingerprint density at radius 2 is 1.68 bits per heavy atom. The number of nitrogens with zero attached hydrogens (tertiary/aromatic N) is 1. The minimum Gasteiger partial charge on any atom is -0.508 e. The maximum Gasteiger partial charge on any atom is 0.319 e. The van der Waals surface area contributed by atoms with E-state index in [-0.39, 0.29) is 17.6 Å². The summed E-state index contributed by atoms with van der Waals surface area (Å²) in [5.41, 5.74) is 6.32. The van der Waals surface area contributed by atoms with Crippen LogP contribution in [0.3, 0.4) is 0 Å². The molecule has 28 heavy (non-hydrogen) atoms. The minimum absolute atomic E-state index is 0.178. The van der Waals surface area contributed by atoms with Crippen LogP contribution < -0.4 is 10.2 Å². The van der Waals surface area contributed by atoms with Gasteiger partial charge in [0.1, 0.15) is 11.5 Å². The molecule has 0 radical (unpaired) electrons. The Labute approximate surface area is 163 Å². The van der Waals surface area contributed by atoms with E-state index in [1.165, 1.54) is 0 Å². The molecule has 2 N–H and O–H groups in total. The number of para-hydroxylation sites is 2. The summed E-state index contributed by atoms with van der Waals surface area (Å²) in [4.78, 5) is 12.6. The summed E-state index contributed by atoms with van der Waals surface area (Å²) in [6.45, 7) is 1.96. The van der Waals surface area contributed by atoms with Crippen molar-refractivity contribution >= 4 is 17.4 Å². The molecule has 2 atom stereocenters. The number of nitrogens with one attached hydrogen (secondary N) is 1. The molecule has 5 heteroatoms. The van der Waals surface area contributed by atoms with Crippen molar-refractivity contribution in [1.29, 1.82) is 0 Å². The third-order valence-corrected chi connectivity index (χ3v) is 4.89. The molecule has 0 aliphatic carbocycles. The Morgan fingerprint density at radius 1 is 1.00 bits per heavy atom. The highest BCUT2D eigenvalue weighted by atomic mass is 16.5. The minimum atomic E-state index is -0.443. The van der Waals surface area contributed by atoms with Crippen LogP contribution in [0.4, 0.5) is 5.69 Å². The maximum atomic E-state index is 12.6. The number of fused-ring (bicyclic) bond motifs is 1. The predicted molar refractivity (Wildman–Crippen MR) is 109 cm³/mol. The number of benzene rings is 3. The first-order chi connectivity index (χ1) is 13.6. The lowest BCUT2D eigenvalue weighted by Crippen LogP contribution is -2.26. The molecule has 0 fully saturated rings. The topological polar surface area (TPSA) is 70.9 Å². The zero-order valence-electron chi connectivity index (χ0n) is 15.4. The fraction of sp³-hybridized carbons (Fsp3) is 0.130. The number of ether oxygens (including phenoxy) is 1. The number of hydrogen-bond acceptors (Lipinski definition) is 5. The second-order valence-electron chi connectivity index (χ2n) is 6.75. The first-order valence-electron chi connectivity index (χ1n) is 9.12. The number of rotatable bonds is 5. The van der Waals surface area contributed by atoms with Crippen molar-refractivity contribution in [2.75, 3.05) is 5.43 Å². The van der Waals surface area contributed by atoms with Gasteiger partial charge in [-0.2, -0.15) is 5.10 Å². The smallest absolute Gasteiger partial charge is 0.319 e. The van der Waals surface area contributed by atoms with E-state index in [0.29, 0.717) is 11.5 Å². The number of hydrazone groups is 1. The summed E-state index contributed by atoms with van der Waals surface area (Å²) in [6.07, 6.45) is 0. The number of esters is 1. The van der Waals surface area contributed by atoms with Gasteiger partial charge in [-0.25, -0.2) is 0 Å². The summed E-state index contributed by atoms with van der Waals surface area (Å²) >= 11 is 0. The van der Waals surface area contributed by atoms with Gasteiger partial charge in [0.05, 0.1) is 17.3 Å². The highest BCUT2D eigenvalue weighted by molar-refractivity contribution is 6.06. The summed E-state index contributed by atoms with van der Waals surface area (Å²) in [5.74, 6) is -0.180. The number of carbonyl (C=O) groups excluding carboxylic acids is 1. The number of phenols is 1. The van der Waals surface area contributed by atoms with Gasteiger partial charge in [0.15, 0.2) is 0 Å². The standard InChI is InChI=1S/C23H20N2O3/c1-15(21-19-9-5-6-10-20(19)28-23(21)27)22(16-11-13-18(26)14-12-16)25-24-17-7-3-2-4-8-17/h2-15,21,24,26H,1H3/b25-22+/t15-,21+/m0/s1. The second-order valence-corrected chi connectivity index (χ2v) is 6.75. The number of phenolic OH excluding ortho intramolecular Hbond substituents is 1. The first-order valence-corrected chi connectivity index (χ1v) is 9.12. The molecule has 4 rings (SSSR count). The van der Waals surface area contributed by atoms with Crippen LogP contribution in [0.5, 0.6) is 11.5 Å². The number of anilines is 1. The third kappa shape index (κ3) is 3.47. The molecule has 140 valence electrons. The quantitative estimate of drug-likeness (QED) is 0.298. The van der Waals surface area contributed by atoms with Gasteiger partial charge in [-0.15, -0.1) is 0 Å². The molecule has 0 saturated carbocycles. The molecule has 0 saturated heterocycles. The molecule has 5 nitrogen and oxygen atoms in total. The Balaban J connectivity index is 1.72. The van der Waals surface area contributed by atoms with E-state index in [9.17, 15) is 9.90 Å². The van der Waals surface area contributed by atoms with Crippen LogP contribution in [-0.2, 0) is 4.79 Å². The highest BCUT2D eigenvalue weighted by Crippen LogP contribution is 2.40. The van der Waals surface area contributed by atoms with Gasteiger partial charge < -0.3 is 9.84 Å². The van der Waals surface area contributed by atoms with Crippen LogP contribution in [0.2, 0.25) is 0 Å². The molecule has 3 aromatic rings. The van der Waals surface area contributed by atoms with Crippen molar-refractivity contribution in [1.82, 2.24) is 0 Å². The van der Waals surface area contributed by atoms with Gasteiger partial charge in [-0.05, 0) is 48.0 Å². The zero-order chi connectivity index (χ0) is 19.5. The summed E-state index contributed by atoms with van der Waals surface area (Å²) < 4.78 is 5.45. The van der Waals surface area contributed by atoms with Crippen molar-refractivity contribution in [2.24, 2.45) is 11.0 Å². The Hall–Kier alpha value is -3.60. The van der Waals surface area contributed by atoms with Crippen LogP contribution in [0, 0.1) is 5.92 Å². The van der Waals surface area contributed by atoms with Crippen LogP contribution in [0.15, 0.2) is 84.0 Å². The molecular weight excluding hydrogens is 352 g/mol. The molecule has 3 aromatic carbocycles. The lowest BCUT2D eigenvalue weighted by Gasteiger charge is -2.20. The van der Waals surface area contributed by atoms with E-state index < -0.39 is 5.92 Å². The lowest BCUT2D eigenvalue weighted by atomic mass is 9.83. The summed E-state index contributed by atoms with van der Waals surface area (Å²) in [7, 11) is 0. The average Bonchev–Trinajstić information content (AvgIpc) is 3.05. The van der Waals surface area contributed by atoms with Gasteiger partial charge in [0.2, 0.25) is 0 Å². The van der Waals surface area contributed by atoms with Gasteiger partial charge in [0, 0.05) is 11.5 Å². The zero-order valence-corrected chi connectivity index (χ0v) is 15.4. The Kier molecular flexibility index (Phi) is 4.81. The van der Waals surface area contributed by atoms with Crippen molar-refractivity contribution in [3.8, 4) is 11.5 Å². The van der Waals surface area contributed by atoms with E-state index in [4.69, 9.17) is 4.74 Å². The maximum absolute atomic E-state index is 12.6. The molecule has 0 amide bonds. The van der Waals surface area contributed by atoms with Crippen LogP contribution in [0.1, 0.15) is 24.0 Å². The Morgan fingerprint density at radius 3 is 2.43 bits per heavy atom. The summed E-state index contributed by atoms with van der Waals surface area (Å²) in [6, 6.07) is 23.9. The summed E-state index contributed by atoms with van der Waals surface area (Å²) in [5, 5.41) is 14.3. The third-order valence-electron chi connectivity index (χ3n) is 4.89. The van der Waals surface area contributed by atoms with Gasteiger partial charge >= 0.3 is 5.97 Å². The van der Waals surface area contributed by atoms with E-state index in [0.717, 1.165) is 16.8 Å². The van der Waals surface area contributed by atoms with E-state index in [2.05, 4.69) is 10.5 Å². The van der Waals surface area contributed by atoms with E-state index >= 15 is 0 Å². The monoisotopic (exact) mass is 372 g/mol. The normalized spacial score (nSPS) is 17.0. The second kappa shape index (κ2) is 7.56. The predicted octanol–water partition coefficient (Wildman–Crippen LogP) is 4.55. The van der Waals surface area contributed by atoms with Gasteiger partial charge in [0.25, 0.3) is 0 Å². The van der Waals surface area contributed by atoms with Crippen molar-refractivity contribution in [3.05, 3.63) is 90.0 Å². The molecule has 0 unspecified atom stereocenters. The average molecular weight is 372 g/mol.